The van der Waals surface area contributed by atoms with Gasteiger partial charge in [-0.1, -0.05) is 6.07 Å². The van der Waals surface area contributed by atoms with Crippen LogP contribution in [0.2, 0.25) is 0 Å². The summed E-state index contributed by atoms with van der Waals surface area (Å²) in [4.78, 5) is 13.2. The van der Waals surface area contributed by atoms with Crippen LogP contribution < -0.4 is 10.1 Å². The topological polar surface area (TPSA) is 82.1 Å². The van der Waals surface area contributed by atoms with Crippen LogP contribution >= 0.6 is 11.5 Å². The lowest BCUT2D eigenvalue weighted by atomic mass is 10.1. The first-order chi connectivity index (χ1) is 12.8. The van der Waals surface area contributed by atoms with Gasteiger partial charge in [0.05, 0.1) is 19.4 Å². The van der Waals surface area contributed by atoms with E-state index in [0.29, 0.717) is 16.6 Å². The van der Waals surface area contributed by atoms with Gasteiger partial charge in [-0.05, 0) is 30.7 Å². The average molecular weight is 369 g/mol. The minimum atomic E-state index is 0.200. The van der Waals surface area contributed by atoms with Crippen molar-refractivity contribution in [1.82, 2.24) is 19.3 Å². The molecular weight excluding hydrogens is 350 g/mol. The van der Waals surface area contributed by atoms with Gasteiger partial charge in [0.25, 0.3) is 0 Å². The Morgan fingerprint density at radius 3 is 2.85 bits per heavy atom. The van der Waals surface area contributed by atoms with Gasteiger partial charge in [0.15, 0.2) is 5.82 Å². The summed E-state index contributed by atoms with van der Waals surface area (Å²) >= 11 is 1.28. The molecule has 4 heterocycles. The molecule has 0 saturated carbocycles. The average Bonchev–Trinajstić information content (AvgIpc) is 3.14. The molecule has 1 saturated heterocycles. The van der Waals surface area contributed by atoms with Crippen molar-refractivity contribution in [3.8, 4) is 17.3 Å². The molecule has 1 fully saturated rings. The maximum absolute atomic E-state index is 5.94. The molecule has 0 aromatic carbocycles. The Kier molecular flexibility index (Phi) is 5.03. The van der Waals surface area contributed by atoms with E-state index in [0.717, 1.165) is 43.2 Å². The molecule has 3 aromatic rings. The van der Waals surface area contributed by atoms with E-state index >= 15 is 0 Å². The second-order valence-electron chi connectivity index (χ2n) is 6.03. The molecule has 0 radical (unpaired) electrons. The second-order valence-corrected chi connectivity index (χ2v) is 6.78. The van der Waals surface area contributed by atoms with Gasteiger partial charge in [0.1, 0.15) is 23.4 Å². The smallest absolute Gasteiger partial charge is 0.208 e. The van der Waals surface area contributed by atoms with Crippen LogP contribution in [0.4, 0.5) is 10.9 Å². The zero-order chi connectivity index (χ0) is 17.8. The summed E-state index contributed by atoms with van der Waals surface area (Å²) in [5, 5.41) is 3.88. The molecule has 0 aliphatic carbocycles. The van der Waals surface area contributed by atoms with Gasteiger partial charge in [-0.15, -0.1) is 0 Å². The number of pyridine rings is 2. The molecule has 0 spiro atoms. The maximum Gasteiger partial charge on any atom is 0.208 e. The van der Waals surface area contributed by atoms with Gasteiger partial charge in [-0.25, -0.2) is 9.97 Å². The number of aromatic nitrogens is 4. The maximum atomic E-state index is 5.94. The predicted octanol–water partition coefficient (Wildman–Crippen LogP) is 3.60. The van der Waals surface area contributed by atoms with Crippen LogP contribution in [0, 0.1) is 6.92 Å². The first kappa shape index (κ1) is 16.9. The molecule has 8 heteroatoms. The lowest BCUT2D eigenvalue weighted by Crippen LogP contribution is -2.25. The number of ether oxygens (including phenoxy) is 2. The first-order valence-corrected chi connectivity index (χ1v) is 9.28. The van der Waals surface area contributed by atoms with Crippen molar-refractivity contribution in [2.75, 3.05) is 18.5 Å². The number of nitrogens with one attached hydrogen (secondary N) is 1. The van der Waals surface area contributed by atoms with Gasteiger partial charge in [-0.2, -0.15) is 9.36 Å². The summed E-state index contributed by atoms with van der Waals surface area (Å²) in [5.41, 5.74) is 1.77. The SMILES string of the molecule is Cc1cccnc1Nc1nc(-c2ccc(OC3CCOCC3)cn2)ns1. The number of hydrogen-bond acceptors (Lipinski definition) is 8. The summed E-state index contributed by atoms with van der Waals surface area (Å²) in [6.45, 7) is 3.50. The summed E-state index contributed by atoms with van der Waals surface area (Å²) < 4.78 is 15.7. The highest BCUT2D eigenvalue weighted by Gasteiger charge is 2.16. The lowest BCUT2D eigenvalue weighted by molar-refractivity contribution is 0.0254. The second kappa shape index (κ2) is 7.76. The van der Waals surface area contributed by atoms with E-state index in [9.17, 15) is 0 Å². The van der Waals surface area contributed by atoms with Crippen LogP contribution in [0.25, 0.3) is 11.5 Å². The van der Waals surface area contributed by atoms with Crippen molar-refractivity contribution in [3.63, 3.8) is 0 Å². The summed E-state index contributed by atoms with van der Waals surface area (Å²) in [6.07, 6.45) is 5.50. The van der Waals surface area contributed by atoms with Crippen molar-refractivity contribution in [2.24, 2.45) is 0 Å². The standard InChI is InChI=1S/C18H19N5O2S/c1-12-3-2-8-19-16(12)21-18-22-17(23-26-18)15-5-4-14(11-20-15)25-13-6-9-24-10-7-13/h2-5,8,11,13H,6-7,9-10H2,1H3,(H,19,21,22,23). The largest absolute Gasteiger partial charge is 0.489 e. The molecule has 134 valence electrons. The fourth-order valence-electron chi connectivity index (χ4n) is 2.66. The molecule has 1 aliphatic rings. The predicted molar refractivity (Wildman–Crippen MR) is 99.9 cm³/mol. The van der Waals surface area contributed by atoms with E-state index < -0.39 is 0 Å². The Morgan fingerprint density at radius 2 is 2.08 bits per heavy atom. The van der Waals surface area contributed by atoms with Gasteiger partial charge in [0, 0.05) is 30.6 Å². The van der Waals surface area contributed by atoms with Crippen LogP contribution in [-0.4, -0.2) is 38.6 Å². The zero-order valence-electron chi connectivity index (χ0n) is 14.4. The number of anilines is 2. The van der Waals surface area contributed by atoms with E-state index in [1.165, 1.54) is 11.5 Å². The Bertz CT molecular complexity index is 862. The Balaban J connectivity index is 1.43. The van der Waals surface area contributed by atoms with Crippen molar-refractivity contribution in [3.05, 3.63) is 42.2 Å². The highest BCUT2D eigenvalue weighted by Crippen LogP contribution is 2.25. The van der Waals surface area contributed by atoms with E-state index in [1.807, 2.05) is 31.2 Å². The normalized spacial score (nSPS) is 15.0. The molecule has 0 amide bonds. The number of rotatable bonds is 5. The summed E-state index contributed by atoms with van der Waals surface area (Å²) in [5.74, 6) is 2.13. The Hall–Kier alpha value is -2.58. The van der Waals surface area contributed by atoms with E-state index in [2.05, 4.69) is 24.6 Å². The van der Waals surface area contributed by atoms with E-state index in [-0.39, 0.29) is 6.10 Å². The third-order valence-corrected chi connectivity index (χ3v) is 4.73. The zero-order valence-corrected chi connectivity index (χ0v) is 15.2. The molecule has 1 N–H and O–H groups in total. The number of aryl methyl sites for hydroxylation is 1. The fraction of sp³-hybridized carbons (Fsp3) is 0.333. The first-order valence-electron chi connectivity index (χ1n) is 8.51. The molecule has 0 atom stereocenters. The van der Waals surface area contributed by atoms with Crippen molar-refractivity contribution in [1.29, 1.82) is 0 Å². The molecule has 0 unspecified atom stereocenters. The fourth-order valence-corrected chi connectivity index (χ4v) is 3.24. The highest BCUT2D eigenvalue weighted by molar-refractivity contribution is 7.09. The molecule has 7 nitrogen and oxygen atoms in total. The summed E-state index contributed by atoms with van der Waals surface area (Å²) in [7, 11) is 0. The van der Waals surface area contributed by atoms with Gasteiger partial charge in [0.2, 0.25) is 5.13 Å². The third-order valence-electron chi connectivity index (χ3n) is 4.10. The molecule has 1 aliphatic heterocycles. The van der Waals surface area contributed by atoms with Gasteiger partial charge >= 0.3 is 0 Å². The number of nitrogens with zero attached hydrogens (tertiary/aromatic N) is 4. The van der Waals surface area contributed by atoms with E-state index in [4.69, 9.17) is 9.47 Å². The van der Waals surface area contributed by atoms with E-state index in [1.54, 1.807) is 12.4 Å². The number of hydrogen-bond donors (Lipinski definition) is 1. The van der Waals surface area contributed by atoms with Gasteiger partial charge in [-0.3, -0.25) is 0 Å². The third kappa shape index (κ3) is 3.97. The van der Waals surface area contributed by atoms with Crippen LogP contribution in [0.3, 0.4) is 0 Å². The molecule has 0 bridgehead atoms. The van der Waals surface area contributed by atoms with Crippen LogP contribution in [0.1, 0.15) is 18.4 Å². The molecule has 4 rings (SSSR count). The summed E-state index contributed by atoms with van der Waals surface area (Å²) in [6, 6.07) is 7.69. The lowest BCUT2D eigenvalue weighted by Gasteiger charge is -2.23. The minimum Gasteiger partial charge on any atom is -0.489 e. The molecule has 26 heavy (non-hydrogen) atoms. The van der Waals surface area contributed by atoms with Crippen molar-refractivity contribution in [2.45, 2.75) is 25.9 Å². The Labute approximate surface area is 155 Å². The van der Waals surface area contributed by atoms with Crippen LogP contribution in [0.15, 0.2) is 36.7 Å². The minimum absolute atomic E-state index is 0.200. The highest BCUT2D eigenvalue weighted by atomic mass is 32.1. The van der Waals surface area contributed by atoms with Crippen LogP contribution in [-0.2, 0) is 4.74 Å². The van der Waals surface area contributed by atoms with Crippen molar-refractivity contribution < 1.29 is 9.47 Å². The monoisotopic (exact) mass is 369 g/mol. The Morgan fingerprint density at radius 1 is 1.19 bits per heavy atom. The van der Waals surface area contributed by atoms with Gasteiger partial charge < -0.3 is 14.8 Å². The molecular formula is C18H19N5O2S. The molecule has 3 aromatic heterocycles. The quantitative estimate of drug-likeness (QED) is 0.736. The van der Waals surface area contributed by atoms with Crippen molar-refractivity contribution >= 4 is 22.5 Å². The van der Waals surface area contributed by atoms with Crippen LogP contribution in [0.5, 0.6) is 5.75 Å².